The van der Waals surface area contributed by atoms with Crippen LogP contribution < -0.4 is 5.84 Å². The lowest BCUT2D eigenvalue weighted by Gasteiger charge is -2.04. The van der Waals surface area contributed by atoms with Gasteiger partial charge in [-0.15, -0.1) is 0 Å². The minimum atomic E-state index is -3.47. The molecule has 96 valence electrons. The lowest BCUT2D eigenvalue weighted by molar-refractivity contribution is 0.592. The second kappa shape index (κ2) is 4.54. The Bertz CT molecular complexity index is 713. The number of hydrogen-bond acceptors (Lipinski definition) is 5. The molecule has 0 unspecified atom stereocenters. The van der Waals surface area contributed by atoms with Gasteiger partial charge in [0.1, 0.15) is 5.75 Å². The summed E-state index contributed by atoms with van der Waals surface area (Å²) in [4.78, 5) is 0.238. The maximum absolute atomic E-state index is 12.1. The Kier molecular flexibility index (Phi) is 3.22. The van der Waals surface area contributed by atoms with E-state index in [9.17, 15) is 8.42 Å². The molecule has 0 fully saturated rings. The number of sulfone groups is 1. The Balaban J connectivity index is 2.36. The highest BCUT2D eigenvalue weighted by Crippen LogP contribution is 2.15. The van der Waals surface area contributed by atoms with E-state index in [1.54, 1.807) is 24.3 Å². The van der Waals surface area contributed by atoms with E-state index in [0.717, 1.165) is 10.2 Å². The average Bonchev–Trinajstić information content (AvgIpc) is 2.61. The molecule has 3 N–H and O–H groups in total. The van der Waals surface area contributed by atoms with Crippen LogP contribution in [0.25, 0.3) is 0 Å². The molecule has 18 heavy (non-hydrogen) atoms. The van der Waals surface area contributed by atoms with Crippen LogP contribution in [0.3, 0.4) is 0 Å². The van der Waals surface area contributed by atoms with Gasteiger partial charge < -0.3 is 5.84 Å². The first-order valence-corrected chi connectivity index (χ1v) is 7.17. The largest absolute Gasteiger partial charge is 0.335 e. The van der Waals surface area contributed by atoms with Crippen LogP contribution in [-0.4, -0.2) is 23.3 Å². The van der Waals surface area contributed by atoms with Crippen molar-refractivity contribution in [3.63, 3.8) is 0 Å². The lowest BCUT2D eigenvalue weighted by Crippen LogP contribution is -2.16. The third-order valence-corrected chi connectivity index (χ3v) is 4.39. The minimum absolute atomic E-state index is 0.181. The fourth-order valence-corrected chi connectivity index (χ4v) is 2.85. The van der Waals surface area contributed by atoms with Gasteiger partial charge in [0, 0.05) is 0 Å². The zero-order chi connectivity index (χ0) is 13.3. The molecule has 8 heteroatoms. The number of aryl methyl sites for hydroxylation is 1. The molecule has 0 bridgehead atoms. The van der Waals surface area contributed by atoms with Crippen molar-refractivity contribution in [3.05, 3.63) is 40.4 Å². The minimum Gasteiger partial charge on any atom is -0.335 e. The molecule has 0 aliphatic heterocycles. The van der Waals surface area contributed by atoms with Crippen molar-refractivity contribution in [3.8, 4) is 0 Å². The molecule has 1 heterocycles. The van der Waals surface area contributed by atoms with Crippen LogP contribution in [0.2, 0.25) is 0 Å². The fourth-order valence-electron chi connectivity index (χ4n) is 1.44. The van der Waals surface area contributed by atoms with Crippen molar-refractivity contribution in [2.75, 3.05) is 5.84 Å². The molecule has 2 rings (SSSR count). The van der Waals surface area contributed by atoms with E-state index in [1.165, 1.54) is 0 Å². The maximum Gasteiger partial charge on any atom is 0.214 e. The van der Waals surface area contributed by atoms with Gasteiger partial charge in [-0.05, 0) is 31.3 Å². The van der Waals surface area contributed by atoms with Crippen LogP contribution in [0, 0.1) is 11.7 Å². The van der Waals surface area contributed by atoms with E-state index in [4.69, 9.17) is 18.1 Å². The Morgan fingerprint density at radius 3 is 2.50 bits per heavy atom. The van der Waals surface area contributed by atoms with E-state index >= 15 is 0 Å². The van der Waals surface area contributed by atoms with E-state index in [2.05, 4.69) is 10.2 Å². The third-order valence-electron chi connectivity index (χ3n) is 2.48. The molecule has 0 spiro atoms. The van der Waals surface area contributed by atoms with Gasteiger partial charge in [-0.3, -0.25) is 5.10 Å². The Labute approximate surface area is 109 Å². The Hall–Kier alpha value is -1.67. The summed E-state index contributed by atoms with van der Waals surface area (Å²) in [5.74, 6) is 5.46. The number of nitrogens with one attached hydrogen (secondary N) is 1. The quantitative estimate of drug-likeness (QED) is 0.646. The maximum atomic E-state index is 12.1. The predicted octanol–water partition coefficient (Wildman–Crippen LogP) is 0.937. The summed E-state index contributed by atoms with van der Waals surface area (Å²) in [5, 5.41) is 6.23. The van der Waals surface area contributed by atoms with Crippen LogP contribution in [0.15, 0.2) is 29.2 Å². The molecule has 0 amide bonds. The monoisotopic (exact) mass is 284 g/mol. The smallest absolute Gasteiger partial charge is 0.214 e. The van der Waals surface area contributed by atoms with Crippen LogP contribution in [0.1, 0.15) is 11.4 Å². The SMILES string of the molecule is Cc1ccc(S(=O)(=O)Cc2n[nH]c(=S)n2N)cc1. The number of benzene rings is 1. The van der Waals surface area contributed by atoms with Crippen LogP contribution in [0.5, 0.6) is 0 Å². The second-order valence-corrected chi connectivity index (χ2v) is 6.26. The molecule has 2 aromatic rings. The molecule has 1 aromatic carbocycles. The van der Waals surface area contributed by atoms with Gasteiger partial charge in [0.2, 0.25) is 4.77 Å². The Morgan fingerprint density at radius 2 is 2.00 bits per heavy atom. The molecule has 0 saturated heterocycles. The van der Waals surface area contributed by atoms with Crippen molar-refractivity contribution in [1.29, 1.82) is 0 Å². The topological polar surface area (TPSA) is 93.8 Å². The van der Waals surface area contributed by atoms with Crippen molar-refractivity contribution < 1.29 is 8.42 Å². The molecular weight excluding hydrogens is 272 g/mol. The summed E-state index contributed by atoms with van der Waals surface area (Å²) in [6.45, 7) is 1.89. The molecular formula is C10H12N4O2S2. The summed E-state index contributed by atoms with van der Waals surface area (Å²) in [6, 6.07) is 6.61. The molecule has 0 atom stereocenters. The van der Waals surface area contributed by atoms with E-state index in [1.807, 2.05) is 6.92 Å². The van der Waals surface area contributed by atoms with Gasteiger partial charge >= 0.3 is 0 Å². The number of aromatic amines is 1. The summed E-state index contributed by atoms with van der Waals surface area (Å²) in [5.41, 5.74) is 0.996. The number of aromatic nitrogens is 3. The van der Waals surface area contributed by atoms with Crippen molar-refractivity contribution >= 4 is 22.1 Å². The van der Waals surface area contributed by atoms with Gasteiger partial charge in [0.05, 0.1) is 4.90 Å². The van der Waals surface area contributed by atoms with Crippen molar-refractivity contribution in [2.24, 2.45) is 0 Å². The molecule has 1 aromatic heterocycles. The lowest BCUT2D eigenvalue weighted by atomic mass is 10.2. The van der Waals surface area contributed by atoms with Gasteiger partial charge in [-0.2, -0.15) is 5.10 Å². The average molecular weight is 284 g/mol. The summed E-state index contributed by atoms with van der Waals surface area (Å²) < 4.78 is 25.5. The van der Waals surface area contributed by atoms with Gasteiger partial charge in [0.25, 0.3) is 0 Å². The summed E-state index contributed by atoms with van der Waals surface area (Å²) in [7, 11) is -3.47. The first-order valence-electron chi connectivity index (χ1n) is 5.11. The zero-order valence-corrected chi connectivity index (χ0v) is 11.3. The van der Waals surface area contributed by atoms with Crippen LogP contribution >= 0.6 is 12.2 Å². The van der Waals surface area contributed by atoms with E-state index in [0.29, 0.717) is 0 Å². The van der Waals surface area contributed by atoms with E-state index in [-0.39, 0.29) is 21.2 Å². The van der Waals surface area contributed by atoms with Gasteiger partial charge in [0.15, 0.2) is 15.7 Å². The van der Waals surface area contributed by atoms with Crippen LogP contribution in [-0.2, 0) is 15.6 Å². The molecule has 0 aliphatic rings. The number of nitrogens with two attached hydrogens (primary N) is 1. The third kappa shape index (κ3) is 2.44. The first kappa shape index (κ1) is 12.8. The summed E-state index contributed by atoms with van der Waals surface area (Å²) in [6.07, 6.45) is 0. The van der Waals surface area contributed by atoms with E-state index < -0.39 is 9.84 Å². The standard InChI is InChI=1S/C10H12N4O2S2/c1-7-2-4-8(5-3-7)18(15,16)6-9-12-13-10(17)14(9)11/h2-5H,6,11H2,1H3,(H,13,17). The van der Waals surface area contributed by atoms with Gasteiger partial charge in [-0.1, -0.05) is 17.7 Å². The highest BCUT2D eigenvalue weighted by Gasteiger charge is 2.18. The summed E-state index contributed by atoms with van der Waals surface area (Å²) >= 11 is 4.82. The van der Waals surface area contributed by atoms with Gasteiger partial charge in [-0.25, -0.2) is 13.1 Å². The zero-order valence-electron chi connectivity index (χ0n) is 9.62. The number of rotatable bonds is 3. The second-order valence-electron chi connectivity index (χ2n) is 3.89. The Morgan fingerprint density at radius 1 is 1.39 bits per heavy atom. The van der Waals surface area contributed by atoms with Crippen molar-refractivity contribution in [2.45, 2.75) is 17.6 Å². The number of nitrogen functional groups attached to an aromatic ring is 1. The van der Waals surface area contributed by atoms with Crippen molar-refractivity contribution in [1.82, 2.24) is 14.9 Å². The molecule has 6 nitrogen and oxygen atoms in total. The number of hydrogen-bond donors (Lipinski definition) is 2. The molecule has 0 aliphatic carbocycles. The highest BCUT2D eigenvalue weighted by molar-refractivity contribution is 7.90. The fraction of sp³-hybridized carbons (Fsp3) is 0.200. The molecule has 0 radical (unpaired) electrons. The normalized spacial score (nSPS) is 11.6. The van der Waals surface area contributed by atoms with Crippen LogP contribution in [0.4, 0.5) is 0 Å². The number of nitrogens with zero attached hydrogens (tertiary/aromatic N) is 2. The number of H-pyrrole nitrogens is 1. The first-order chi connectivity index (χ1) is 8.40. The molecule has 0 saturated carbocycles. The highest BCUT2D eigenvalue weighted by atomic mass is 32.2. The predicted molar refractivity (Wildman–Crippen MR) is 69.6 cm³/mol.